The molecule has 0 spiro atoms. The van der Waals surface area contributed by atoms with Crippen LogP contribution in [-0.4, -0.2) is 4.98 Å². The lowest BCUT2D eigenvalue weighted by Crippen LogP contribution is -2.01. The van der Waals surface area contributed by atoms with Gasteiger partial charge in [-0.25, -0.2) is 0 Å². The molecule has 0 radical (unpaired) electrons. The molecule has 0 amide bonds. The van der Waals surface area contributed by atoms with Crippen molar-refractivity contribution in [2.24, 2.45) is 5.73 Å². The summed E-state index contributed by atoms with van der Waals surface area (Å²) in [5, 5.41) is 0. The van der Waals surface area contributed by atoms with Crippen LogP contribution in [0.1, 0.15) is 17.8 Å². The van der Waals surface area contributed by atoms with Crippen LogP contribution in [0.25, 0.3) is 10.4 Å². The minimum absolute atomic E-state index is 0.121. The Balaban J connectivity index is 2.34. The van der Waals surface area contributed by atoms with Crippen LogP contribution in [0.3, 0.4) is 0 Å². The summed E-state index contributed by atoms with van der Waals surface area (Å²) in [4.78, 5) is 6.46. The molecule has 2 rings (SSSR count). The summed E-state index contributed by atoms with van der Waals surface area (Å²) in [5.41, 5.74) is 7.01. The van der Waals surface area contributed by atoms with Crippen LogP contribution >= 0.6 is 11.3 Å². The maximum atomic E-state index is 5.80. The van der Waals surface area contributed by atoms with Crippen LogP contribution in [0.4, 0.5) is 0 Å². The predicted octanol–water partition coefficient (Wildman–Crippen LogP) is 2.83. The molecule has 0 aliphatic carbocycles. The first kappa shape index (κ1) is 9.37. The molecule has 1 unspecified atom stereocenters. The van der Waals surface area contributed by atoms with E-state index in [1.54, 1.807) is 23.7 Å². The van der Waals surface area contributed by atoms with Gasteiger partial charge in [0.05, 0.1) is 0 Å². The van der Waals surface area contributed by atoms with Crippen LogP contribution in [0.15, 0.2) is 36.7 Å². The molecule has 2 N–H and O–H groups in total. The van der Waals surface area contributed by atoms with Crippen LogP contribution in [0.2, 0.25) is 0 Å². The van der Waals surface area contributed by atoms with E-state index >= 15 is 0 Å². The molecule has 2 heterocycles. The van der Waals surface area contributed by atoms with Crippen LogP contribution < -0.4 is 5.73 Å². The van der Waals surface area contributed by atoms with Crippen LogP contribution in [-0.2, 0) is 0 Å². The molecule has 72 valence electrons. The van der Waals surface area contributed by atoms with Gasteiger partial charge in [0, 0.05) is 28.2 Å². The molecule has 2 aromatic heterocycles. The zero-order chi connectivity index (χ0) is 9.97. The van der Waals surface area contributed by atoms with Crippen molar-refractivity contribution >= 4 is 11.3 Å². The molecular formula is C11H12N2S. The number of aromatic nitrogens is 1. The maximum Gasteiger partial charge on any atom is 0.0361 e. The zero-order valence-corrected chi connectivity index (χ0v) is 8.79. The predicted molar refractivity (Wildman–Crippen MR) is 60.2 cm³/mol. The van der Waals surface area contributed by atoms with Gasteiger partial charge >= 0.3 is 0 Å². The Kier molecular flexibility index (Phi) is 2.61. The van der Waals surface area contributed by atoms with E-state index in [9.17, 15) is 0 Å². The van der Waals surface area contributed by atoms with Crippen molar-refractivity contribution in [2.45, 2.75) is 13.0 Å². The molecule has 2 nitrogen and oxygen atoms in total. The molecule has 0 fully saturated rings. The first-order valence-corrected chi connectivity index (χ1v) is 5.35. The van der Waals surface area contributed by atoms with E-state index in [1.807, 2.05) is 19.1 Å². The molecule has 3 heteroatoms. The fourth-order valence-electron chi connectivity index (χ4n) is 1.27. The van der Waals surface area contributed by atoms with Crippen molar-refractivity contribution < 1.29 is 0 Å². The fourth-order valence-corrected chi connectivity index (χ4v) is 2.23. The van der Waals surface area contributed by atoms with Gasteiger partial charge in [0.1, 0.15) is 0 Å². The van der Waals surface area contributed by atoms with Crippen molar-refractivity contribution in [3.05, 3.63) is 41.5 Å². The van der Waals surface area contributed by atoms with E-state index in [1.165, 1.54) is 15.3 Å². The fraction of sp³-hybridized carbons (Fsp3) is 0.182. The highest BCUT2D eigenvalue weighted by molar-refractivity contribution is 7.15. The van der Waals surface area contributed by atoms with Gasteiger partial charge in [-0.15, -0.1) is 11.3 Å². The van der Waals surface area contributed by atoms with E-state index < -0.39 is 0 Å². The molecule has 14 heavy (non-hydrogen) atoms. The van der Waals surface area contributed by atoms with E-state index in [0.717, 1.165) is 0 Å². The summed E-state index contributed by atoms with van der Waals surface area (Å²) in [6.07, 6.45) is 3.61. The lowest BCUT2D eigenvalue weighted by molar-refractivity contribution is 0.838. The maximum absolute atomic E-state index is 5.80. The Morgan fingerprint density at radius 3 is 2.50 bits per heavy atom. The smallest absolute Gasteiger partial charge is 0.0361 e. The average molecular weight is 204 g/mol. The standard InChI is InChI=1S/C11H12N2S/c1-8(12)10-2-3-11(14-10)9-4-6-13-7-5-9/h2-8H,12H2,1H3. The highest BCUT2D eigenvalue weighted by atomic mass is 32.1. The monoisotopic (exact) mass is 204 g/mol. The third-order valence-electron chi connectivity index (χ3n) is 2.04. The van der Waals surface area contributed by atoms with Crippen molar-refractivity contribution in [2.75, 3.05) is 0 Å². The summed E-state index contributed by atoms with van der Waals surface area (Å²) in [6.45, 7) is 2.00. The Hall–Kier alpha value is -1.19. The summed E-state index contributed by atoms with van der Waals surface area (Å²) in [7, 11) is 0. The molecule has 0 aromatic carbocycles. The lowest BCUT2D eigenvalue weighted by Gasteiger charge is -1.98. The summed E-state index contributed by atoms with van der Waals surface area (Å²) >= 11 is 1.74. The average Bonchev–Trinajstić information content (AvgIpc) is 2.68. The molecule has 2 aromatic rings. The Labute approximate surface area is 87.4 Å². The van der Waals surface area contributed by atoms with Gasteiger partial charge in [0.25, 0.3) is 0 Å². The second-order valence-electron chi connectivity index (χ2n) is 3.23. The first-order valence-electron chi connectivity index (χ1n) is 4.53. The van der Waals surface area contributed by atoms with Crippen molar-refractivity contribution in [1.29, 1.82) is 0 Å². The van der Waals surface area contributed by atoms with E-state index in [-0.39, 0.29) is 6.04 Å². The van der Waals surface area contributed by atoms with Crippen LogP contribution in [0, 0.1) is 0 Å². The summed E-state index contributed by atoms with van der Waals surface area (Å²) in [6, 6.07) is 8.34. The van der Waals surface area contributed by atoms with Gasteiger partial charge < -0.3 is 5.73 Å². The third-order valence-corrected chi connectivity index (χ3v) is 3.38. The number of rotatable bonds is 2. The van der Waals surface area contributed by atoms with Crippen LogP contribution in [0.5, 0.6) is 0 Å². The number of nitrogens with zero attached hydrogens (tertiary/aromatic N) is 1. The van der Waals surface area contributed by atoms with Gasteiger partial charge in [0.15, 0.2) is 0 Å². The van der Waals surface area contributed by atoms with Gasteiger partial charge in [-0.1, -0.05) is 0 Å². The molecule has 0 saturated heterocycles. The van der Waals surface area contributed by atoms with Crippen molar-refractivity contribution in [3.8, 4) is 10.4 Å². The van der Waals surface area contributed by atoms with Gasteiger partial charge in [-0.2, -0.15) is 0 Å². The summed E-state index contributed by atoms with van der Waals surface area (Å²) < 4.78 is 0. The summed E-state index contributed by atoms with van der Waals surface area (Å²) in [5.74, 6) is 0. The molecule has 0 aliphatic heterocycles. The second-order valence-corrected chi connectivity index (χ2v) is 4.34. The largest absolute Gasteiger partial charge is 0.324 e. The third kappa shape index (κ3) is 1.84. The molecule has 1 atom stereocenters. The Morgan fingerprint density at radius 1 is 1.21 bits per heavy atom. The van der Waals surface area contributed by atoms with E-state index in [0.29, 0.717) is 0 Å². The lowest BCUT2D eigenvalue weighted by atomic mass is 10.2. The highest BCUT2D eigenvalue weighted by Crippen LogP contribution is 2.29. The molecule has 0 bridgehead atoms. The molecular weight excluding hydrogens is 192 g/mol. The molecule has 0 saturated carbocycles. The molecule has 0 aliphatic rings. The Morgan fingerprint density at radius 2 is 1.93 bits per heavy atom. The quantitative estimate of drug-likeness (QED) is 0.817. The minimum Gasteiger partial charge on any atom is -0.324 e. The van der Waals surface area contributed by atoms with E-state index in [2.05, 4.69) is 17.1 Å². The van der Waals surface area contributed by atoms with Gasteiger partial charge in [0.2, 0.25) is 0 Å². The number of thiophene rings is 1. The minimum atomic E-state index is 0.121. The van der Waals surface area contributed by atoms with Crippen molar-refractivity contribution in [3.63, 3.8) is 0 Å². The normalized spacial score (nSPS) is 12.7. The number of hydrogen-bond acceptors (Lipinski definition) is 3. The van der Waals surface area contributed by atoms with E-state index in [4.69, 9.17) is 5.73 Å². The SMILES string of the molecule is CC(N)c1ccc(-c2ccncc2)s1. The zero-order valence-electron chi connectivity index (χ0n) is 7.97. The van der Waals surface area contributed by atoms with Gasteiger partial charge in [-0.3, -0.25) is 4.98 Å². The van der Waals surface area contributed by atoms with Crippen molar-refractivity contribution in [1.82, 2.24) is 4.98 Å². The second kappa shape index (κ2) is 3.90. The van der Waals surface area contributed by atoms with Gasteiger partial charge in [-0.05, 0) is 36.8 Å². The highest BCUT2D eigenvalue weighted by Gasteiger charge is 2.05. The first-order chi connectivity index (χ1) is 6.77. The number of pyridine rings is 1. The number of nitrogens with two attached hydrogens (primary N) is 1. The number of hydrogen-bond donors (Lipinski definition) is 1. The Bertz CT molecular complexity index is 406. The topological polar surface area (TPSA) is 38.9 Å².